The van der Waals surface area contributed by atoms with Crippen LogP contribution in [0, 0.1) is 5.82 Å². The number of halogens is 1. The molecule has 7 nitrogen and oxygen atoms in total. The second-order valence-corrected chi connectivity index (χ2v) is 5.63. The van der Waals surface area contributed by atoms with E-state index in [-0.39, 0.29) is 17.7 Å². The van der Waals surface area contributed by atoms with Crippen LogP contribution in [0.15, 0.2) is 35.1 Å². The van der Waals surface area contributed by atoms with Gasteiger partial charge in [-0.3, -0.25) is 9.59 Å². The zero-order chi connectivity index (χ0) is 17.8. The van der Waals surface area contributed by atoms with Gasteiger partial charge in [0.25, 0.3) is 5.91 Å². The number of hydrogen-bond donors (Lipinski definition) is 1. The summed E-state index contributed by atoms with van der Waals surface area (Å²) >= 11 is 0. The molecule has 25 heavy (non-hydrogen) atoms. The maximum atomic E-state index is 13.1. The van der Waals surface area contributed by atoms with Crippen LogP contribution in [0.5, 0.6) is 5.88 Å². The lowest BCUT2D eigenvalue weighted by Crippen LogP contribution is -2.36. The van der Waals surface area contributed by atoms with Gasteiger partial charge in [0.1, 0.15) is 5.82 Å². The Labute approximate surface area is 143 Å². The second kappa shape index (κ2) is 7.43. The fourth-order valence-corrected chi connectivity index (χ4v) is 2.61. The average Bonchev–Trinajstić information content (AvgIpc) is 3.14. The van der Waals surface area contributed by atoms with Crippen LogP contribution >= 0.6 is 0 Å². The van der Waals surface area contributed by atoms with Gasteiger partial charge in [-0.1, -0.05) is 0 Å². The van der Waals surface area contributed by atoms with E-state index < -0.39 is 17.2 Å². The van der Waals surface area contributed by atoms with E-state index >= 15 is 0 Å². The van der Waals surface area contributed by atoms with E-state index in [1.165, 1.54) is 42.1 Å². The molecule has 1 fully saturated rings. The van der Waals surface area contributed by atoms with Gasteiger partial charge in [-0.25, -0.2) is 9.07 Å². The Kier molecular flexibility index (Phi) is 5.08. The molecular formula is C17H18FN3O4. The predicted octanol–water partition coefficient (Wildman–Crippen LogP) is 1.29. The molecule has 0 bridgehead atoms. The normalized spacial score (nSPS) is 16.6. The highest BCUT2D eigenvalue weighted by Crippen LogP contribution is 2.15. The molecular weight excluding hydrogens is 329 g/mol. The Bertz CT molecular complexity index is 814. The van der Waals surface area contributed by atoms with Gasteiger partial charge in [0.05, 0.1) is 25.0 Å². The highest BCUT2D eigenvalue weighted by atomic mass is 19.1. The summed E-state index contributed by atoms with van der Waals surface area (Å²) < 4.78 is 25.0. The zero-order valence-electron chi connectivity index (χ0n) is 13.7. The highest BCUT2D eigenvalue weighted by molar-refractivity contribution is 5.92. The number of carbonyl (C=O) groups excluding carboxylic acids is 1. The second-order valence-electron chi connectivity index (χ2n) is 5.63. The van der Waals surface area contributed by atoms with Crippen molar-refractivity contribution in [2.24, 2.45) is 0 Å². The van der Waals surface area contributed by atoms with Crippen LogP contribution in [0.4, 0.5) is 4.39 Å². The number of nitrogens with zero attached hydrogens (tertiary/aromatic N) is 2. The van der Waals surface area contributed by atoms with Gasteiger partial charge < -0.3 is 14.8 Å². The van der Waals surface area contributed by atoms with Gasteiger partial charge in [0.15, 0.2) is 5.69 Å². The molecule has 8 heteroatoms. The molecule has 1 unspecified atom stereocenters. The van der Waals surface area contributed by atoms with E-state index in [1.807, 2.05) is 0 Å². The molecule has 3 rings (SSSR count). The summed E-state index contributed by atoms with van der Waals surface area (Å²) in [5, 5.41) is 6.76. The van der Waals surface area contributed by atoms with E-state index in [0.717, 1.165) is 12.8 Å². The molecule has 0 saturated carbocycles. The maximum Gasteiger partial charge on any atom is 0.275 e. The van der Waals surface area contributed by atoms with Gasteiger partial charge in [-0.2, -0.15) is 5.10 Å². The molecule has 2 aromatic rings. The quantitative estimate of drug-likeness (QED) is 0.881. The van der Waals surface area contributed by atoms with Crippen molar-refractivity contribution in [2.45, 2.75) is 18.9 Å². The third kappa shape index (κ3) is 3.85. The fourth-order valence-electron chi connectivity index (χ4n) is 2.61. The van der Waals surface area contributed by atoms with Crippen LogP contribution in [-0.2, 0) is 4.74 Å². The van der Waals surface area contributed by atoms with Crippen LogP contribution in [0.3, 0.4) is 0 Å². The molecule has 1 saturated heterocycles. The first-order valence-corrected chi connectivity index (χ1v) is 7.92. The first kappa shape index (κ1) is 17.1. The van der Waals surface area contributed by atoms with E-state index in [4.69, 9.17) is 9.47 Å². The molecule has 1 aliphatic heterocycles. The summed E-state index contributed by atoms with van der Waals surface area (Å²) in [6, 6.07) is 6.64. The fraction of sp³-hybridized carbons (Fsp3) is 0.353. The van der Waals surface area contributed by atoms with Crippen molar-refractivity contribution in [3.63, 3.8) is 0 Å². The number of amides is 1. The number of nitrogens with one attached hydrogen (secondary N) is 1. The Morgan fingerprint density at radius 1 is 1.44 bits per heavy atom. The molecule has 2 heterocycles. The van der Waals surface area contributed by atoms with E-state index in [9.17, 15) is 14.0 Å². The van der Waals surface area contributed by atoms with Crippen molar-refractivity contribution < 1.29 is 18.7 Å². The molecule has 132 valence electrons. The Hall–Kier alpha value is -2.74. The number of carbonyl (C=O) groups is 1. The van der Waals surface area contributed by atoms with Gasteiger partial charge in [0.2, 0.25) is 11.3 Å². The van der Waals surface area contributed by atoms with Crippen molar-refractivity contribution in [3.8, 4) is 11.6 Å². The summed E-state index contributed by atoms with van der Waals surface area (Å²) in [6.45, 7) is 1.00. The Morgan fingerprint density at radius 2 is 2.20 bits per heavy atom. The minimum atomic E-state index is -0.584. The molecule has 1 N–H and O–H groups in total. The van der Waals surface area contributed by atoms with Crippen LogP contribution in [0.25, 0.3) is 5.69 Å². The van der Waals surface area contributed by atoms with Gasteiger partial charge in [0, 0.05) is 13.2 Å². The zero-order valence-corrected chi connectivity index (χ0v) is 13.7. The molecule has 1 aromatic heterocycles. The number of hydrogen-bond acceptors (Lipinski definition) is 5. The predicted molar refractivity (Wildman–Crippen MR) is 87.7 cm³/mol. The third-order valence-corrected chi connectivity index (χ3v) is 3.91. The summed E-state index contributed by atoms with van der Waals surface area (Å²) in [6.07, 6.45) is 1.79. The Morgan fingerprint density at radius 3 is 2.84 bits per heavy atom. The lowest BCUT2D eigenvalue weighted by atomic mass is 10.2. The number of benzene rings is 1. The van der Waals surface area contributed by atoms with Gasteiger partial charge >= 0.3 is 0 Å². The lowest BCUT2D eigenvalue weighted by molar-refractivity contribution is 0.0851. The first-order valence-electron chi connectivity index (χ1n) is 7.92. The van der Waals surface area contributed by atoms with Crippen molar-refractivity contribution in [2.75, 3.05) is 20.3 Å². The van der Waals surface area contributed by atoms with Crippen LogP contribution in [0.2, 0.25) is 0 Å². The van der Waals surface area contributed by atoms with Crippen molar-refractivity contribution in [1.82, 2.24) is 15.1 Å². The standard InChI is InChI=1S/C17H18FN3O4/c1-24-15-9-14(22)16(17(23)19-10-13-3-2-8-25-13)20-21(15)12-6-4-11(18)5-7-12/h4-7,9,13H,2-3,8,10H2,1H3,(H,19,23). The molecule has 1 amide bonds. The molecule has 0 spiro atoms. The van der Waals surface area contributed by atoms with E-state index in [2.05, 4.69) is 10.4 Å². The number of rotatable bonds is 5. The van der Waals surface area contributed by atoms with E-state index in [0.29, 0.717) is 18.8 Å². The number of aromatic nitrogens is 2. The molecule has 1 atom stereocenters. The summed E-state index contributed by atoms with van der Waals surface area (Å²) in [4.78, 5) is 24.5. The lowest BCUT2D eigenvalue weighted by Gasteiger charge is -2.13. The minimum Gasteiger partial charge on any atom is -0.481 e. The molecule has 1 aliphatic rings. The van der Waals surface area contributed by atoms with Crippen molar-refractivity contribution in [1.29, 1.82) is 0 Å². The van der Waals surface area contributed by atoms with Crippen molar-refractivity contribution in [3.05, 3.63) is 52.1 Å². The van der Waals surface area contributed by atoms with Gasteiger partial charge in [-0.05, 0) is 37.1 Å². The van der Waals surface area contributed by atoms with Crippen LogP contribution in [0.1, 0.15) is 23.3 Å². The van der Waals surface area contributed by atoms with Crippen LogP contribution in [-0.4, -0.2) is 42.1 Å². The highest BCUT2D eigenvalue weighted by Gasteiger charge is 2.20. The number of ether oxygens (including phenoxy) is 2. The maximum absolute atomic E-state index is 13.1. The average molecular weight is 347 g/mol. The van der Waals surface area contributed by atoms with E-state index in [1.54, 1.807) is 0 Å². The van der Waals surface area contributed by atoms with Crippen LogP contribution < -0.4 is 15.5 Å². The Balaban J connectivity index is 1.88. The molecule has 0 radical (unpaired) electrons. The SMILES string of the molecule is COc1cc(=O)c(C(=O)NCC2CCCO2)nn1-c1ccc(F)cc1. The van der Waals surface area contributed by atoms with Gasteiger partial charge in [-0.15, -0.1) is 0 Å². The molecule has 0 aliphatic carbocycles. The molecule has 1 aromatic carbocycles. The smallest absolute Gasteiger partial charge is 0.275 e. The summed E-state index contributed by atoms with van der Waals surface area (Å²) in [5.74, 6) is -0.843. The topological polar surface area (TPSA) is 82.5 Å². The van der Waals surface area contributed by atoms with Crippen molar-refractivity contribution >= 4 is 5.91 Å². The minimum absolute atomic E-state index is 0.0403. The number of methoxy groups -OCH3 is 1. The monoisotopic (exact) mass is 347 g/mol. The summed E-state index contributed by atoms with van der Waals surface area (Å²) in [5.41, 5.74) is -0.352. The largest absolute Gasteiger partial charge is 0.481 e. The third-order valence-electron chi connectivity index (χ3n) is 3.91. The first-order chi connectivity index (χ1) is 12.1. The summed E-state index contributed by atoms with van der Waals surface area (Å²) in [7, 11) is 1.38.